The van der Waals surface area contributed by atoms with E-state index in [1.54, 1.807) is 0 Å². The van der Waals surface area contributed by atoms with Crippen LogP contribution in [0.4, 0.5) is 5.69 Å². The van der Waals surface area contributed by atoms with Crippen LogP contribution in [0.25, 0.3) is 0 Å². The molecule has 0 N–H and O–H groups in total. The van der Waals surface area contributed by atoms with E-state index in [2.05, 4.69) is 0 Å². The van der Waals surface area contributed by atoms with E-state index in [-0.39, 0.29) is 5.91 Å². The first-order valence-electron chi connectivity index (χ1n) is 5.81. The second kappa shape index (κ2) is 4.88. The van der Waals surface area contributed by atoms with Gasteiger partial charge in [0, 0.05) is 23.7 Å². The van der Waals surface area contributed by atoms with E-state index in [0.717, 1.165) is 36.5 Å². The van der Waals surface area contributed by atoms with Gasteiger partial charge in [-0.3, -0.25) is 4.79 Å². The Morgan fingerprint density at radius 2 is 2.31 bits per heavy atom. The number of carbonyl (C=O) groups is 1. The number of amides is 1. The predicted octanol–water partition coefficient (Wildman–Crippen LogP) is 3.42. The Balaban J connectivity index is 2.29. The molecular formula is C13H16ClNO. The number of benzene rings is 1. The monoisotopic (exact) mass is 237 g/mol. The van der Waals surface area contributed by atoms with Crippen molar-refractivity contribution in [3.63, 3.8) is 0 Å². The Kier molecular flexibility index (Phi) is 3.49. The highest BCUT2D eigenvalue weighted by Crippen LogP contribution is 2.30. The predicted molar refractivity (Wildman–Crippen MR) is 67.0 cm³/mol. The summed E-state index contributed by atoms with van der Waals surface area (Å²) in [6, 6.07) is 5.80. The summed E-state index contributed by atoms with van der Waals surface area (Å²) >= 11 is 5.96. The SMILES string of the molecule is CCCC(=O)N1CCCc2cc(Cl)ccc21. The molecule has 1 aliphatic rings. The van der Waals surface area contributed by atoms with Gasteiger partial charge in [0.2, 0.25) is 5.91 Å². The fourth-order valence-corrected chi connectivity index (χ4v) is 2.37. The van der Waals surface area contributed by atoms with Crippen LogP contribution in [0.3, 0.4) is 0 Å². The van der Waals surface area contributed by atoms with Gasteiger partial charge in [0.15, 0.2) is 0 Å². The minimum atomic E-state index is 0.228. The zero-order chi connectivity index (χ0) is 11.5. The van der Waals surface area contributed by atoms with Crippen molar-refractivity contribution in [3.8, 4) is 0 Å². The molecule has 0 aromatic heterocycles. The van der Waals surface area contributed by atoms with Crippen LogP contribution in [0.5, 0.6) is 0 Å². The standard InChI is InChI=1S/C13H16ClNO/c1-2-4-13(16)15-8-3-5-10-9-11(14)6-7-12(10)15/h6-7,9H,2-5,8H2,1H3. The largest absolute Gasteiger partial charge is 0.312 e. The van der Waals surface area contributed by atoms with Gasteiger partial charge in [-0.25, -0.2) is 0 Å². The van der Waals surface area contributed by atoms with Gasteiger partial charge in [-0.05, 0) is 43.0 Å². The van der Waals surface area contributed by atoms with Crippen LogP contribution in [0.15, 0.2) is 18.2 Å². The number of nitrogens with zero attached hydrogens (tertiary/aromatic N) is 1. The molecule has 0 saturated heterocycles. The Hall–Kier alpha value is -1.02. The number of hydrogen-bond donors (Lipinski definition) is 0. The van der Waals surface area contributed by atoms with Crippen LogP contribution in [-0.4, -0.2) is 12.5 Å². The lowest BCUT2D eigenvalue weighted by Crippen LogP contribution is -2.35. The molecule has 16 heavy (non-hydrogen) atoms. The van der Waals surface area contributed by atoms with Crippen LogP contribution in [-0.2, 0) is 11.2 Å². The smallest absolute Gasteiger partial charge is 0.226 e. The summed E-state index contributed by atoms with van der Waals surface area (Å²) in [6.45, 7) is 2.87. The molecule has 1 aromatic rings. The second-order valence-electron chi connectivity index (χ2n) is 4.17. The minimum absolute atomic E-state index is 0.228. The van der Waals surface area contributed by atoms with E-state index in [0.29, 0.717) is 6.42 Å². The molecule has 0 aliphatic carbocycles. The summed E-state index contributed by atoms with van der Waals surface area (Å²) in [4.78, 5) is 13.8. The number of hydrogen-bond acceptors (Lipinski definition) is 1. The summed E-state index contributed by atoms with van der Waals surface area (Å²) in [7, 11) is 0. The molecule has 0 bridgehead atoms. The Morgan fingerprint density at radius 3 is 3.06 bits per heavy atom. The van der Waals surface area contributed by atoms with Crippen molar-refractivity contribution < 1.29 is 4.79 Å². The molecule has 0 spiro atoms. The van der Waals surface area contributed by atoms with E-state index in [1.807, 2.05) is 30.0 Å². The normalized spacial score (nSPS) is 14.8. The molecule has 0 radical (unpaired) electrons. The first-order chi connectivity index (χ1) is 7.72. The van der Waals surface area contributed by atoms with Gasteiger partial charge in [-0.1, -0.05) is 18.5 Å². The van der Waals surface area contributed by atoms with Gasteiger partial charge < -0.3 is 4.90 Å². The fraction of sp³-hybridized carbons (Fsp3) is 0.462. The number of fused-ring (bicyclic) bond motifs is 1. The van der Waals surface area contributed by atoms with Gasteiger partial charge in [0.25, 0.3) is 0 Å². The molecule has 0 atom stereocenters. The molecule has 86 valence electrons. The Bertz CT molecular complexity index is 403. The first kappa shape index (κ1) is 11.5. The fourth-order valence-electron chi connectivity index (χ4n) is 2.17. The third kappa shape index (κ3) is 2.22. The first-order valence-corrected chi connectivity index (χ1v) is 6.19. The van der Waals surface area contributed by atoms with Crippen molar-refractivity contribution in [2.24, 2.45) is 0 Å². The van der Waals surface area contributed by atoms with Crippen LogP contribution in [0, 0.1) is 0 Å². The highest BCUT2D eigenvalue weighted by molar-refractivity contribution is 6.30. The zero-order valence-electron chi connectivity index (χ0n) is 9.50. The molecule has 0 saturated carbocycles. The summed E-state index contributed by atoms with van der Waals surface area (Å²) in [6.07, 6.45) is 3.58. The van der Waals surface area contributed by atoms with Crippen LogP contribution in [0.2, 0.25) is 5.02 Å². The molecule has 3 heteroatoms. The van der Waals surface area contributed by atoms with E-state index >= 15 is 0 Å². The van der Waals surface area contributed by atoms with Crippen molar-refractivity contribution in [3.05, 3.63) is 28.8 Å². The van der Waals surface area contributed by atoms with E-state index in [4.69, 9.17) is 11.6 Å². The van der Waals surface area contributed by atoms with E-state index in [9.17, 15) is 4.79 Å². The van der Waals surface area contributed by atoms with Crippen molar-refractivity contribution in [2.45, 2.75) is 32.6 Å². The molecular weight excluding hydrogens is 222 g/mol. The van der Waals surface area contributed by atoms with Crippen LogP contribution in [0.1, 0.15) is 31.7 Å². The molecule has 2 nitrogen and oxygen atoms in total. The van der Waals surface area contributed by atoms with Crippen molar-refractivity contribution in [1.82, 2.24) is 0 Å². The maximum atomic E-state index is 11.9. The average molecular weight is 238 g/mol. The Labute approximate surface area is 101 Å². The summed E-state index contributed by atoms with van der Waals surface area (Å²) < 4.78 is 0. The Morgan fingerprint density at radius 1 is 1.50 bits per heavy atom. The average Bonchev–Trinajstić information content (AvgIpc) is 2.28. The van der Waals surface area contributed by atoms with Crippen LogP contribution < -0.4 is 4.90 Å². The van der Waals surface area contributed by atoms with E-state index in [1.165, 1.54) is 5.56 Å². The molecule has 0 unspecified atom stereocenters. The zero-order valence-corrected chi connectivity index (χ0v) is 10.3. The lowest BCUT2D eigenvalue weighted by atomic mass is 10.0. The number of anilines is 1. The maximum Gasteiger partial charge on any atom is 0.226 e. The van der Waals surface area contributed by atoms with Gasteiger partial charge in [0.1, 0.15) is 0 Å². The number of aryl methyl sites for hydroxylation is 1. The highest BCUT2D eigenvalue weighted by atomic mass is 35.5. The van der Waals surface area contributed by atoms with Crippen molar-refractivity contribution in [1.29, 1.82) is 0 Å². The van der Waals surface area contributed by atoms with Crippen molar-refractivity contribution in [2.75, 3.05) is 11.4 Å². The van der Waals surface area contributed by atoms with Gasteiger partial charge in [0.05, 0.1) is 0 Å². The van der Waals surface area contributed by atoms with E-state index < -0.39 is 0 Å². The number of halogens is 1. The van der Waals surface area contributed by atoms with Crippen LogP contribution >= 0.6 is 11.6 Å². The third-order valence-corrected chi connectivity index (χ3v) is 3.16. The quantitative estimate of drug-likeness (QED) is 0.772. The summed E-state index contributed by atoms with van der Waals surface area (Å²) in [5, 5.41) is 0.753. The minimum Gasteiger partial charge on any atom is -0.312 e. The van der Waals surface area contributed by atoms with Gasteiger partial charge >= 0.3 is 0 Å². The van der Waals surface area contributed by atoms with Gasteiger partial charge in [-0.15, -0.1) is 0 Å². The van der Waals surface area contributed by atoms with Crippen molar-refractivity contribution >= 4 is 23.2 Å². The summed E-state index contributed by atoms with van der Waals surface area (Å²) in [5.41, 5.74) is 2.25. The number of rotatable bonds is 2. The van der Waals surface area contributed by atoms with Gasteiger partial charge in [-0.2, -0.15) is 0 Å². The molecule has 1 aromatic carbocycles. The molecule has 0 fully saturated rings. The lowest BCUT2D eigenvalue weighted by Gasteiger charge is -2.29. The third-order valence-electron chi connectivity index (χ3n) is 2.93. The maximum absolute atomic E-state index is 11.9. The number of carbonyl (C=O) groups excluding carboxylic acids is 1. The molecule has 1 heterocycles. The summed E-state index contributed by atoms with van der Waals surface area (Å²) in [5.74, 6) is 0.228. The molecule has 2 rings (SSSR count). The topological polar surface area (TPSA) is 20.3 Å². The lowest BCUT2D eigenvalue weighted by molar-refractivity contribution is -0.118. The highest BCUT2D eigenvalue weighted by Gasteiger charge is 2.21. The second-order valence-corrected chi connectivity index (χ2v) is 4.61. The molecule has 1 amide bonds. The molecule has 1 aliphatic heterocycles.